The van der Waals surface area contributed by atoms with Gasteiger partial charge in [0.05, 0.1) is 6.20 Å². The van der Waals surface area contributed by atoms with E-state index >= 15 is 0 Å². The van der Waals surface area contributed by atoms with Crippen LogP contribution in [0.3, 0.4) is 0 Å². The van der Waals surface area contributed by atoms with Crippen molar-refractivity contribution in [2.45, 2.75) is 0 Å². The molecule has 0 saturated heterocycles. The highest BCUT2D eigenvalue weighted by atomic mass is 16.3. The van der Waals surface area contributed by atoms with E-state index in [0.717, 1.165) is 5.56 Å². The van der Waals surface area contributed by atoms with Crippen molar-refractivity contribution < 1.29 is 4.42 Å². The Kier molecular flexibility index (Phi) is 2.18. The van der Waals surface area contributed by atoms with Gasteiger partial charge in [-0.15, -0.1) is 0 Å². The summed E-state index contributed by atoms with van der Waals surface area (Å²) in [6, 6.07) is 3.85. The Balaban J connectivity index is 2.15. The number of rotatable bonds is 2. The highest BCUT2D eigenvalue weighted by molar-refractivity contribution is 5.65. The van der Waals surface area contributed by atoms with Crippen LogP contribution in [0.1, 0.15) is 11.5 Å². The van der Waals surface area contributed by atoms with E-state index in [9.17, 15) is 0 Å². The van der Waals surface area contributed by atoms with Gasteiger partial charge in [-0.3, -0.25) is 4.98 Å². The normalized spacial score (nSPS) is 10.8. The summed E-state index contributed by atoms with van der Waals surface area (Å²) in [7, 11) is 0. The van der Waals surface area contributed by atoms with Crippen molar-refractivity contribution in [1.82, 2.24) is 9.97 Å². The Bertz CT molecular complexity index is 379. The van der Waals surface area contributed by atoms with Crippen molar-refractivity contribution in [1.29, 1.82) is 0 Å². The van der Waals surface area contributed by atoms with Gasteiger partial charge in [0.1, 0.15) is 6.26 Å². The molecule has 0 bridgehead atoms. The van der Waals surface area contributed by atoms with Gasteiger partial charge >= 0.3 is 0 Å². The molecule has 0 fully saturated rings. The molecule has 3 heteroatoms. The summed E-state index contributed by atoms with van der Waals surface area (Å²) in [5, 5.41) is 0. The zero-order valence-corrected chi connectivity index (χ0v) is 6.92. The lowest BCUT2D eigenvalue weighted by Gasteiger charge is -1.88. The Labute approximate surface area is 75.8 Å². The molecule has 2 rings (SSSR count). The monoisotopic (exact) mass is 172 g/mol. The molecule has 0 radical (unpaired) electrons. The summed E-state index contributed by atoms with van der Waals surface area (Å²) in [4.78, 5) is 7.94. The first kappa shape index (κ1) is 7.73. The summed E-state index contributed by atoms with van der Waals surface area (Å²) in [6.45, 7) is 0. The molecular formula is C10H8N2O. The maximum absolute atomic E-state index is 5.04. The van der Waals surface area contributed by atoms with Gasteiger partial charge in [0.2, 0.25) is 5.89 Å². The summed E-state index contributed by atoms with van der Waals surface area (Å²) in [6.07, 6.45) is 10.4. The van der Waals surface area contributed by atoms with Gasteiger partial charge in [-0.1, -0.05) is 6.07 Å². The van der Waals surface area contributed by atoms with Gasteiger partial charge in [-0.05, 0) is 17.7 Å². The van der Waals surface area contributed by atoms with Crippen LogP contribution in [0.25, 0.3) is 12.2 Å². The van der Waals surface area contributed by atoms with E-state index in [-0.39, 0.29) is 0 Å². The molecule has 2 aromatic rings. The van der Waals surface area contributed by atoms with Crippen LogP contribution in [0, 0.1) is 0 Å². The molecule has 2 heterocycles. The fourth-order valence-electron chi connectivity index (χ4n) is 0.959. The molecule has 0 saturated carbocycles. The zero-order chi connectivity index (χ0) is 8.93. The molecular weight excluding hydrogens is 164 g/mol. The second-order valence-electron chi connectivity index (χ2n) is 2.49. The summed E-state index contributed by atoms with van der Waals surface area (Å²) < 4.78 is 5.04. The third-order valence-electron chi connectivity index (χ3n) is 1.55. The van der Waals surface area contributed by atoms with E-state index in [1.807, 2.05) is 18.2 Å². The van der Waals surface area contributed by atoms with Gasteiger partial charge in [0.15, 0.2) is 0 Å². The van der Waals surface area contributed by atoms with Crippen LogP contribution in [0.5, 0.6) is 0 Å². The van der Waals surface area contributed by atoms with Crippen LogP contribution in [0.15, 0.2) is 41.4 Å². The average molecular weight is 172 g/mol. The molecule has 0 unspecified atom stereocenters. The fourth-order valence-corrected chi connectivity index (χ4v) is 0.959. The Morgan fingerprint density at radius 1 is 1.23 bits per heavy atom. The quantitative estimate of drug-likeness (QED) is 0.697. The van der Waals surface area contributed by atoms with Crippen LogP contribution in [0.2, 0.25) is 0 Å². The minimum absolute atomic E-state index is 0.601. The van der Waals surface area contributed by atoms with Crippen molar-refractivity contribution in [2.75, 3.05) is 0 Å². The first-order chi connectivity index (χ1) is 6.45. The number of aromatic nitrogens is 2. The Morgan fingerprint density at radius 3 is 2.92 bits per heavy atom. The second kappa shape index (κ2) is 3.67. The van der Waals surface area contributed by atoms with Gasteiger partial charge in [0, 0.05) is 18.5 Å². The lowest BCUT2D eigenvalue weighted by molar-refractivity contribution is 0.547. The average Bonchev–Trinajstić information content (AvgIpc) is 2.69. The van der Waals surface area contributed by atoms with Crippen LogP contribution >= 0.6 is 0 Å². The molecule has 0 atom stereocenters. The SMILES string of the molecule is C(=Cc1ncco1)c1cccnc1. The predicted octanol–water partition coefficient (Wildman–Crippen LogP) is 2.24. The van der Waals surface area contributed by atoms with E-state index < -0.39 is 0 Å². The molecule has 13 heavy (non-hydrogen) atoms. The minimum atomic E-state index is 0.601. The molecule has 0 aliphatic heterocycles. The smallest absolute Gasteiger partial charge is 0.218 e. The van der Waals surface area contributed by atoms with Crippen molar-refractivity contribution in [3.8, 4) is 0 Å². The second-order valence-corrected chi connectivity index (χ2v) is 2.49. The molecule has 0 aliphatic rings. The Morgan fingerprint density at radius 2 is 2.23 bits per heavy atom. The summed E-state index contributed by atoms with van der Waals surface area (Å²) in [5.74, 6) is 0.601. The van der Waals surface area contributed by atoms with Crippen LogP contribution < -0.4 is 0 Å². The molecule has 0 spiro atoms. The van der Waals surface area contributed by atoms with Gasteiger partial charge < -0.3 is 4.42 Å². The predicted molar refractivity (Wildman–Crippen MR) is 49.7 cm³/mol. The highest BCUT2D eigenvalue weighted by Crippen LogP contribution is 2.04. The largest absolute Gasteiger partial charge is 0.445 e. The van der Waals surface area contributed by atoms with E-state index in [0.29, 0.717) is 5.89 Å². The van der Waals surface area contributed by atoms with Crippen LogP contribution in [-0.2, 0) is 0 Å². The lowest BCUT2D eigenvalue weighted by atomic mass is 10.2. The van der Waals surface area contributed by atoms with Gasteiger partial charge in [0.25, 0.3) is 0 Å². The van der Waals surface area contributed by atoms with Crippen molar-refractivity contribution in [3.63, 3.8) is 0 Å². The first-order valence-electron chi connectivity index (χ1n) is 3.93. The van der Waals surface area contributed by atoms with Gasteiger partial charge in [-0.2, -0.15) is 0 Å². The number of hydrogen-bond donors (Lipinski definition) is 0. The molecule has 0 aliphatic carbocycles. The van der Waals surface area contributed by atoms with Crippen molar-refractivity contribution >= 4 is 12.2 Å². The third kappa shape index (κ3) is 2.02. The molecule has 3 nitrogen and oxygen atoms in total. The minimum Gasteiger partial charge on any atom is -0.445 e. The van der Waals surface area contributed by atoms with E-state index in [1.165, 1.54) is 0 Å². The van der Waals surface area contributed by atoms with Crippen LogP contribution in [-0.4, -0.2) is 9.97 Å². The zero-order valence-electron chi connectivity index (χ0n) is 6.92. The summed E-state index contributed by atoms with van der Waals surface area (Å²) >= 11 is 0. The Hall–Kier alpha value is -1.90. The maximum Gasteiger partial charge on any atom is 0.218 e. The van der Waals surface area contributed by atoms with Gasteiger partial charge in [-0.25, -0.2) is 4.98 Å². The third-order valence-corrected chi connectivity index (χ3v) is 1.55. The fraction of sp³-hybridized carbons (Fsp3) is 0. The number of hydrogen-bond acceptors (Lipinski definition) is 3. The van der Waals surface area contributed by atoms with E-state index in [4.69, 9.17) is 4.42 Å². The molecule has 64 valence electrons. The summed E-state index contributed by atoms with van der Waals surface area (Å²) in [5.41, 5.74) is 1.03. The maximum atomic E-state index is 5.04. The first-order valence-corrected chi connectivity index (χ1v) is 3.93. The molecule has 0 amide bonds. The lowest BCUT2D eigenvalue weighted by Crippen LogP contribution is -1.73. The molecule has 0 N–H and O–H groups in total. The number of oxazole rings is 1. The topological polar surface area (TPSA) is 38.9 Å². The highest BCUT2D eigenvalue weighted by Gasteiger charge is 1.89. The standard InChI is InChI=1S/C10H8N2O/c1-2-9(8-11-5-1)3-4-10-12-6-7-13-10/h1-8H. The molecule has 0 aromatic carbocycles. The number of nitrogens with zero attached hydrogens (tertiary/aromatic N) is 2. The number of pyridine rings is 1. The molecule has 2 aromatic heterocycles. The van der Waals surface area contributed by atoms with Crippen LogP contribution in [0.4, 0.5) is 0 Å². The van der Waals surface area contributed by atoms with Crippen molar-refractivity contribution in [3.05, 3.63) is 48.4 Å². The van der Waals surface area contributed by atoms with Crippen molar-refractivity contribution in [2.24, 2.45) is 0 Å². The van der Waals surface area contributed by atoms with E-state index in [1.54, 1.807) is 30.9 Å². The van der Waals surface area contributed by atoms with E-state index in [2.05, 4.69) is 9.97 Å².